The van der Waals surface area contributed by atoms with Crippen LogP contribution in [0, 0.1) is 11.3 Å². The molecule has 0 spiro atoms. The molecular formula is C19H34O4Si. The number of aliphatic carboxylic acids is 1. The number of hydrogen-bond donors (Lipinski definition) is 1. The smallest absolute Gasteiger partial charge is 0.337 e. The Balaban J connectivity index is 2.31. The van der Waals surface area contributed by atoms with Gasteiger partial charge in [0.25, 0.3) is 0 Å². The van der Waals surface area contributed by atoms with E-state index in [-0.39, 0.29) is 11.0 Å². The maximum Gasteiger partial charge on any atom is 0.337 e. The summed E-state index contributed by atoms with van der Waals surface area (Å²) in [7, 11) is -2.01. The third kappa shape index (κ3) is 3.11. The van der Waals surface area contributed by atoms with E-state index in [1.165, 1.54) is 0 Å². The quantitative estimate of drug-likeness (QED) is 0.572. The highest BCUT2D eigenvalue weighted by Crippen LogP contribution is 2.53. The molecule has 4 nitrogen and oxygen atoms in total. The van der Waals surface area contributed by atoms with Gasteiger partial charge < -0.3 is 14.3 Å². The Morgan fingerprint density at radius 1 is 1.38 bits per heavy atom. The van der Waals surface area contributed by atoms with Crippen LogP contribution in [0.4, 0.5) is 0 Å². The first-order chi connectivity index (χ1) is 10.9. The Morgan fingerprint density at radius 3 is 2.46 bits per heavy atom. The van der Waals surface area contributed by atoms with Crippen LogP contribution in [0.1, 0.15) is 60.3 Å². The predicted molar refractivity (Wildman–Crippen MR) is 98.4 cm³/mol. The third-order valence-corrected chi connectivity index (χ3v) is 11.0. The average Bonchev–Trinajstić information content (AvgIpc) is 2.75. The standard InChI is InChI=1S/C19H34O4Si/c1-14-13-15(23-24(6,7)17(2,3)4)22-19(14,16(20)21)18(5)11-9-8-10-12-18/h9,11,14-15H,8,10,12-13H2,1-7H3,(H,20,21)/t14-,15?,18-,19+/m1/s1. The molecular weight excluding hydrogens is 320 g/mol. The van der Waals surface area contributed by atoms with Crippen LogP contribution in [0.3, 0.4) is 0 Å². The van der Waals surface area contributed by atoms with Gasteiger partial charge in [-0.15, -0.1) is 0 Å². The minimum atomic E-state index is -2.01. The Hall–Kier alpha value is -0.653. The monoisotopic (exact) mass is 354 g/mol. The molecule has 1 saturated heterocycles. The lowest BCUT2D eigenvalue weighted by Crippen LogP contribution is -2.56. The van der Waals surface area contributed by atoms with E-state index in [0.29, 0.717) is 6.42 Å². The van der Waals surface area contributed by atoms with Crippen LogP contribution in [0.25, 0.3) is 0 Å². The first-order valence-electron chi connectivity index (χ1n) is 9.12. The highest BCUT2D eigenvalue weighted by Gasteiger charge is 2.63. The summed E-state index contributed by atoms with van der Waals surface area (Å²) >= 11 is 0. The number of rotatable bonds is 4. The van der Waals surface area contributed by atoms with Crippen molar-refractivity contribution < 1.29 is 19.1 Å². The minimum absolute atomic E-state index is 0.0721. The summed E-state index contributed by atoms with van der Waals surface area (Å²) in [6.07, 6.45) is 7.25. The molecule has 138 valence electrons. The molecule has 0 bridgehead atoms. The Bertz CT molecular complexity index is 522. The van der Waals surface area contributed by atoms with Crippen LogP contribution in [0.15, 0.2) is 12.2 Å². The van der Waals surface area contributed by atoms with Crippen molar-refractivity contribution in [3.63, 3.8) is 0 Å². The summed E-state index contributed by atoms with van der Waals surface area (Å²) in [5.74, 6) is -0.942. The van der Waals surface area contributed by atoms with E-state index in [1.807, 2.05) is 13.8 Å². The van der Waals surface area contributed by atoms with E-state index < -0.39 is 31.6 Å². The lowest BCUT2D eigenvalue weighted by atomic mass is 9.63. The summed E-state index contributed by atoms with van der Waals surface area (Å²) < 4.78 is 12.7. The van der Waals surface area contributed by atoms with Crippen LogP contribution < -0.4 is 0 Å². The minimum Gasteiger partial charge on any atom is -0.479 e. The summed E-state index contributed by atoms with van der Waals surface area (Å²) in [5, 5.41) is 10.2. The van der Waals surface area contributed by atoms with Crippen molar-refractivity contribution in [1.29, 1.82) is 0 Å². The number of carboxylic acids is 1. The molecule has 0 aromatic carbocycles. The molecule has 4 atom stereocenters. The summed E-state index contributed by atoms with van der Waals surface area (Å²) in [4.78, 5) is 12.3. The lowest BCUT2D eigenvalue weighted by Gasteiger charge is -2.45. The van der Waals surface area contributed by atoms with Crippen molar-refractivity contribution >= 4 is 14.3 Å². The normalized spacial score (nSPS) is 37.6. The number of carboxylic acid groups (broad SMARTS) is 1. The van der Waals surface area contributed by atoms with E-state index in [0.717, 1.165) is 19.3 Å². The first-order valence-corrected chi connectivity index (χ1v) is 12.0. The molecule has 1 N–H and O–H groups in total. The fourth-order valence-electron chi connectivity index (χ4n) is 3.93. The van der Waals surface area contributed by atoms with Crippen LogP contribution in [-0.4, -0.2) is 31.3 Å². The highest BCUT2D eigenvalue weighted by atomic mass is 28.4. The van der Waals surface area contributed by atoms with Gasteiger partial charge in [-0.3, -0.25) is 0 Å². The second kappa shape index (κ2) is 6.26. The highest BCUT2D eigenvalue weighted by molar-refractivity contribution is 6.74. The molecule has 2 aliphatic rings. The number of ether oxygens (including phenoxy) is 1. The number of hydrogen-bond acceptors (Lipinski definition) is 3. The fourth-order valence-corrected chi connectivity index (χ4v) is 5.09. The van der Waals surface area contributed by atoms with Gasteiger partial charge in [-0.05, 0) is 37.4 Å². The SMILES string of the molecule is C[C@@H]1CC(O[Si](C)(C)C(C)(C)C)O[C@@]1(C(=O)O)[C@]1(C)C=CCCC1. The largest absolute Gasteiger partial charge is 0.479 e. The Kier molecular flexibility index (Phi) is 5.13. The van der Waals surface area contributed by atoms with Crippen LogP contribution in [0.2, 0.25) is 18.1 Å². The topological polar surface area (TPSA) is 55.8 Å². The molecule has 2 rings (SSSR count). The number of carbonyl (C=O) groups is 1. The van der Waals surface area contributed by atoms with Gasteiger partial charge >= 0.3 is 5.97 Å². The molecule has 0 aromatic rings. The van der Waals surface area contributed by atoms with Gasteiger partial charge in [0.15, 0.2) is 13.9 Å². The van der Waals surface area contributed by atoms with Crippen molar-refractivity contribution in [2.75, 3.05) is 0 Å². The van der Waals surface area contributed by atoms with Crippen molar-refractivity contribution in [3.8, 4) is 0 Å². The molecule has 1 aliphatic heterocycles. The van der Waals surface area contributed by atoms with Crippen LogP contribution in [-0.2, 0) is 14.0 Å². The van der Waals surface area contributed by atoms with Crippen molar-refractivity contribution in [2.24, 2.45) is 11.3 Å². The van der Waals surface area contributed by atoms with Gasteiger partial charge in [0.1, 0.15) is 6.29 Å². The van der Waals surface area contributed by atoms with Crippen molar-refractivity contribution in [2.45, 2.75) is 90.3 Å². The predicted octanol–water partition coefficient (Wildman–Crippen LogP) is 4.96. The molecule has 0 amide bonds. The second-order valence-corrected chi connectivity index (χ2v) is 14.1. The molecule has 24 heavy (non-hydrogen) atoms. The van der Waals surface area contributed by atoms with Gasteiger partial charge in [-0.25, -0.2) is 4.79 Å². The van der Waals surface area contributed by atoms with Gasteiger partial charge in [0.2, 0.25) is 0 Å². The van der Waals surface area contributed by atoms with Crippen molar-refractivity contribution in [3.05, 3.63) is 12.2 Å². The Morgan fingerprint density at radius 2 is 2.00 bits per heavy atom. The molecule has 5 heteroatoms. The molecule has 1 heterocycles. The van der Waals surface area contributed by atoms with Gasteiger partial charge in [0, 0.05) is 17.8 Å². The Labute approximate surface area is 147 Å². The summed E-state index contributed by atoms with van der Waals surface area (Å²) in [6, 6.07) is 0. The van der Waals surface area contributed by atoms with Gasteiger partial charge in [-0.2, -0.15) is 0 Å². The lowest BCUT2D eigenvalue weighted by molar-refractivity contribution is -0.204. The van der Waals surface area contributed by atoms with E-state index in [9.17, 15) is 9.90 Å². The van der Waals surface area contributed by atoms with Gasteiger partial charge in [0.05, 0.1) is 0 Å². The molecule has 0 saturated carbocycles. The molecule has 0 radical (unpaired) electrons. The molecule has 0 aromatic heterocycles. The van der Waals surface area contributed by atoms with E-state index in [2.05, 4.69) is 46.0 Å². The van der Waals surface area contributed by atoms with Crippen LogP contribution in [0.5, 0.6) is 0 Å². The van der Waals surface area contributed by atoms with E-state index >= 15 is 0 Å². The fraction of sp³-hybridized carbons (Fsp3) is 0.842. The summed E-state index contributed by atoms with van der Waals surface area (Å²) in [6.45, 7) is 15.0. The van der Waals surface area contributed by atoms with Crippen molar-refractivity contribution in [1.82, 2.24) is 0 Å². The summed E-state index contributed by atoms with van der Waals surface area (Å²) in [5.41, 5.74) is -1.68. The average molecular weight is 355 g/mol. The second-order valence-electron chi connectivity index (χ2n) is 9.32. The maximum absolute atomic E-state index is 12.3. The van der Waals surface area contributed by atoms with E-state index in [4.69, 9.17) is 9.16 Å². The van der Waals surface area contributed by atoms with Gasteiger partial charge in [-0.1, -0.05) is 46.8 Å². The molecule has 1 fully saturated rings. The zero-order valence-corrected chi connectivity index (χ0v) is 17.3. The third-order valence-electron chi connectivity index (χ3n) is 6.51. The van der Waals surface area contributed by atoms with Crippen LogP contribution >= 0.6 is 0 Å². The zero-order valence-electron chi connectivity index (χ0n) is 16.3. The molecule has 1 unspecified atom stereocenters. The maximum atomic E-state index is 12.3. The van der Waals surface area contributed by atoms with E-state index in [1.54, 1.807) is 0 Å². The number of allylic oxidation sites excluding steroid dienone is 1. The first kappa shape index (κ1) is 19.7. The molecule has 1 aliphatic carbocycles. The zero-order chi connectivity index (χ0) is 18.4.